The summed E-state index contributed by atoms with van der Waals surface area (Å²) in [5.74, 6) is 0.307. The fourth-order valence-electron chi connectivity index (χ4n) is 2.26. The van der Waals surface area contributed by atoms with Crippen LogP contribution in [0, 0.1) is 6.92 Å². The molecule has 0 radical (unpaired) electrons. The van der Waals surface area contributed by atoms with Gasteiger partial charge in [-0.05, 0) is 36.8 Å². The van der Waals surface area contributed by atoms with E-state index in [1.54, 1.807) is 24.3 Å². The van der Waals surface area contributed by atoms with E-state index in [-0.39, 0.29) is 11.5 Å². The van der Waals surface area contributed by atoms with Crippen LogP contribution in [0.2, 0.25) is 5.15 Å². The molecular weight excluding hydrogens is 370 g/mol. The van der Waals surface area contributed by atoms with E-state index in [0.717, 1.165) is 5.56 Å². The number of amides is 2. The SMILES string of the molecule is Cc1ccc(NC(=O)Nc2ccc(Cl)nc2)cc1Nc1cc(=O)[nH]c(N)n1. The number of benzene rings is 1. The first kappa shape index (κ1) is 18.2. The number of nitrogen functional groups attached to an aromatic ring is 1. The number of aromatic nitrogens is 3. The van der Waals surface area contributed by atoms with Crippen LogP contribution in [0.3, 0.4) is 0 Å². The zero-order chi connectivity index (χ0) is 19.4. The van der Waals surface area contributed by atoms with Crippen molar-refractivity contribution in [2.24, 2.45) is 0 Å². The summed E-state index contributed by atoms with van der Waals surface area (Å²) in [6.45, 7) is 1.88. The molecule has 10 heteroatoms. The number of halogens is 1. The lowest BCUT2D eigenvalue weighted by Gasteiger charge is -2.12. The minimum absolute atomic E-state index is 0.00730. The molecule has 9 nitrogen and oxygen atoms in total. The molecule has 6 N–H and O–H groups in total. The van der Waals surface area contributed by atoms with Crippen molar-refractivity contribution in [2.45, 2.75) is 6.92 Å². The number of H-pyrrole nitrogens is 1. The molecule has 3 rings (SSSR count). The smallest absolute Gasteiger partial charge is 0.323 e. The monoisotopic (exact) mass is 385 g/mol. The lowest BCUT2D eigenvalue weighted by molar-refractivity contribution is 0.262. The number of nitrogens with two attached hydrogens (primary N) is 1. The quantitative estimate of drug-likeness (QED) is 0.437. The Kier molecular flexibility index (Phi) is 5.23. The van der Waals surface area contributed by atoms with Crippen molar-refractivity contribution in [1.29, 1.82) is 0 Å². The molecule has 138 valence electrons. The number of aryl methyl sites for hydroxylation is 1. The number of rotatable bonds is 4. The first-order valence-corrected chi connectivity index (χ1v) is 8.21. The first-order chi connectivity index (χ1) is 12.9. The maximum atomic E-state index is 12.1. The Hall–Kier alpha value is -3.59. The summed E-state index contributed by atoms with van der Waals surface area (Å²) in [5.41, 5.74) is 7.78. The molecule has 0 fully saturated rings. The zero-order valence-electron chi connectivity index (χ0n) is 14.2. The molecule has 0 atom stereocenters. The average Bonchev–Trinajstić information content (AvgIpc) is 2.59. The van der Waals surface area contributed by atoms with Gasteiger partial charge >= 0.3 is 6.03 Å². The van der Waals surface area contributed by atoms with Crippen LogP contribution in [0.25, 0.3) is 0 Å². The predicted octanol–water partition coefficient (Wildman–Crippen LogP) is 3.10. The van der Waals surface area contributed by atoms with Gasteiger partial charge in [0.1, 0.15) is 11.0 Å². The third-order valence-corrected chi connectivity index (χ3v) is 3.73. The van der Waals surface area contributed by atoms with E-state index < -0.39 is 6.03 Å². The van der Waals surface area contributed by atoms with Gasteiger partial charge in [-0.2, -0.15) is 4.98 Å². The highest BCUT2D eigenvalue weighted by Crippen LogP contribution is 2.23. The van der Waals surface area contributed by atoms with Crippen molar-refractivity contribution in [2.75, 3.05) is 21.7 Å². The lowest BCUT2D eigenvalue weighted by Crippen LogP contribution is -2.19. The Morgan fingerprint density at radius 2 is 1.89 bits per heavy atom. The number of hydrogen-bond acceptors (Lipinski definition) is 6. The number of hydrogen-bond donors (Lipinski definition) is 5. The Labute approximate surface area is 159 Å². The van der Waals surface area contributed by atoms with Crippen LogP contribution in [0.4, 0.5) is 33.6 Å². The van der Waals surface area contributed by atoms with Gasteiger partial charge in [-0.15, -0.1) is 0 Å². The standard InChI is InChI=1S/C17H16ClN7O2/c1-9-2-3-10(21-17(27)22-11-4-5-13(18)20-8-11)6-12(9)23-14-7-15(26)25-16(19)24-14/h2-8H,1H3,(H2,21,22,27)(H4,19,23,24,25,26). The normalized spacial score (nSPS) is 10.3. The highest BCUT2D eigenvalue weighted by atomic mass is 35.5. The predicted molar refractivity (Wildman–Crippen MR) is 106 cm³/mol. The number of carbonyl (C=O) groups is 1. The van der Waals surface area contributed by atoms with Crippen molar-refractivity contribution in [3.63, 3.8) is 0 Å². The fourth-order valence-corrected chi connectivity index (χ4v) is 2.37. The third-order valence-electron chi connectivity index (χ3n) is 3.50. The topological polar surface area (TPSA) is 138 Å². The van der Waals surface area contributed by atoms with E-state index in [4.69, 9.17) is 17.3 Å². The van der Waals surface area contributed by atoms with Crippen LogP contribution in [0.5, 0.6) is 0 Å². The minimum Gasteiger partial charge on any atom is -0.369 e. The van der Waals surface area contributed by atoms with Crippen molar-refractivity contribution in [1.82, 2.24) is 15.0 Å². The van der Waals surface area contributed by atoms with Crippen molar-refractivity contribution < 1.29 is 4.79 Å². The number of anilines is 5. The van der Waals surface area contributed by atoms with Crippen LogP contribution < -0.4 is 27.2 Å². The second-order valence-electron chi connectivity index (χ2n) is 5.62. The number of carbonyl (C=O) groups excluding carboxylic acids is 1. The largest absolute Gasteiger partial charge is 0.369 e. The molecule has 2 heterocycles. The molecule has 0 unspecified atom stereocenters. The minimum atomic E-state index is -0.438. The average molecular weight is 386 g/mol. The van der Waals surface area contributed by atoms with Gasteiger partial charge in [-0.25, -0.2) is 9.78 Å². The molecule has 0 saturated heterocycles. The van der Waals surface area contributed by atoms with Gasteiger partial charge in [-0.1, -0.05) is 17.7 Å². The Balaban J connectivity index is 1.73. The molecule has 0 aliphatic carbocycles. The van der Waals surface area contributed by atoms with Crippen molar-refractivity contribution in [3.8, 4) is 0 Å². The van der Waals surface area contributed by atoms with Gasteiger partial charge in [0.2, 0.25) is 5.95 Å². The summed E-state index contributed by atoms with van der Waals surface area (Å²) >= 11 is 5.72. The summed E-state index contributed by atoms with van der Waals surface area (Å²) in [4.78, 5) is 33.9. The lowest BCUT2D eigenvalue weighted by atomic mass is 10.2. The number of aromatic amines is 1. The maximum absolute atomic E-state index is 12.1. The molecular formula is C17H16ClN7O2. The highest BCUT2D eigenvalue weighted by Gasteiger charge is 2.07. The van der Waals surface area contributed by atoms with Gasteiger partial charge in [-0.3, -0.25) is 9.78 Å². The van der Waals surface area contributed by atoms with Crippen LogP contribution in [0.15, 0.2) is 47.4 Å². The van der Waals surface area contributed by atoms with Crippen LogP contribution >= 0.6 is 11.6 Å². The van der Waals surface area contributed by atoms with Gasteiger partial charge in [0, 0.05) is 17.4 Å². The van der Waals surface area contributed by atoms with Gasteiger partial charge < -0.3 is 21.7 Å². The summed E-state index contributed by atoms with van der Waals surface area (Å²) in [5, 5.41) is 8.72. The Bertz CT molecular complexity index is 1030. The molecule has 0 aliphatic heterocycles. The highest BCUT2D eigenvalue weighted by molar-refractivity contribution is 6.29. The van der Waals surface area contributed by atoms with E-state index in [9.17, 15) is 9.59 Å². The molecule has 0 saturated carbocycles. The van der Waals surface area contributed by atoms with Gasteiger partial charge in [0.05, 0.1) is 11.9 Å². The van der Waals surface area contributed by atoms with E-state index in [1.807, 2.05) is 13.0 Å². The summed E-state index contributed by atoms with van der Waals surface area (Å²) < 4.78 is 0. The van der Waals surface area contributed by atoms with Gasteiger partial charge in [0.15, 0.2) is 0 Å². The van der Waals surface area contributed by atoms with Crippen molar-refractivity contribution >= 4 is 46.5 Å². The number of nitrogens with zero attached hydrogens (tertiary/aromatic N) is 2. The van der Waals surface area contributed by atoms with Crippen LogP contribution in [-0.4, -0.2) is 21.0 Å². The Morgan fingerprint density at radius 3 is 2.59 bits per heavy atom. The molecule has 0 bridgehead atoms. The summed E-state index contributed by atoms with van der Waals surface area (Å²) in [6, 6.07) is 9.35. The Morgan fingerprint density at radius 1 is 1.15 bits per heavy atom. The molecule has 1 aromatic carbocycles. The number of pyridine rings is 1. The molecule has 2 amide bonds. The second-order valence-corrected chi connectivity index (χ2v) is 6.01. The number of urea groups is 1. The molecule has 27 heavy (non-hydrogen) atoms. The van der Waals surface area contributed by atoms with Gasteiger partial charge in [0.25, 0.3) is 5.56 Å². The first-order valence-electron chi connectivity index (χ1n) is 7.83. The maximum Gasteiger partial charge on any atom is 0.323 e. The van der Waals surface area contributed by atoms with Crippen molar-refractivity contribution in [3.05, 3.63) is 63.7 Å². The summed E-state index contributed by atoms with van der Waals surface area (Å²) in [6.07, 6.45) is 1.45. The molecule has 0 spiro atoms. The van der Waals surface area contributed by atoms with E-state index >= 15 is 0 Å². The molecule has 3 aromatic rings. The van der Waals surface area contributed by atoms with E-state index in [0.29, 0.717) is 28.0 Å². The zero-order valence-corrected chi connectivity index (χ0v) is 15.0. The number of nitrogens with one attached hydrogen (secondary N) is 4. The third kappa shape index (κ3) is 4.95. The van der Waals surface area contributed by atoms with Crippen LogP contribution in [0.1, 0.15) is 5.56 Å². The fraction of sp³-hybridized carbons (Fsp3) is 0.0588. The van der Waals surface area contributed by atoms with E-state index in [1.165, 1.54) is 12.3 Å². The summed E-state index contributed by atoms with van der Waals surface area (Å²) in [7, 11) is 0. The van der Waals surface area contributed by atoms with E-state index in [2.05, 4.69) is 30.9 Å². The van der Waals surface area contributed by atoms with Crippen LogP contribution in [-0.2, 0) is 0 Å². The second kappa shape index (κ2) is 7.75. The molecule has 2 aromatic heterocycles. The molecule has 0 aliphatic rings.